The molecule has 0 aliphatic carbocycles. The number of carbonyl (C=O) groups is 1. The fourth-order valence-corrected chi connectivity index (χ4v) is 0.927. The lowest BCUT2D eigenvalue weighted by molar-refractivity contribution is -0.119. The van der Waals surface area contributed by atoms with Crippen LogP contribution in [0.15, 0.2) is 12.2 Å². The average Bonchev–Trinajstić information content (AvgIpc) is 2.00. The van der Waals surface area contributed by atoms with E-state index in [-0.39, 0.29) is 0 Å². The van der Waals surface area contributed by atoms with Crippen LogP contribution in [0.4, 0.5) is 0 Å². The van der Waals surface area contributed by atoms with Gasteiger partial charge >= 0.3 is 0 Å². The summed E-state index contributed by atoms with van der Waals surface area (Å²) in [4.78, 5) is 11.3. The van der Waals surface area contributed by atoms with Crippen molar-refractivity contribution in [1.82, 2.24) is 0 Å². The smallest absolute Gasteiger partial charge is 0.136 e. The van der Waals surface area contributed by atoms with E-state index in [1.54, 1.807) is 0 Å². The molecule has 0 N–H and O–H groups in total. The predicted octanol–water partition coefficient (Wildman–Crippen LogP) is 3.20. The van der Waals surface area contributed by atoms with Crippen LogP contribution < -0.4 is 0 Å². The average molecular weight is 168 g/mol. The number of carbonyl (C=O) groups excluding carboxylic acids is 1. The maximum atomic E-state index is 11.3. The highest BCUT2D eigenvalue weighted by Crippen LogP contribution is 2.14. The molecule has 0 rings (SSSR count). The third-order valence-corrected chi connectivity index (χ3v) is 2.27. The van der Waals surface area contributed by atoms with E-state index in [4.69, 9.17) is 0 Å². The SMILES string of the molecule is C/C=C\CC(=O)CC(C)C(C)C. The first-order valence-electron chi connectivity index (χ1n) is 4.70. The second-order valence-electron chi connectivity index (χ2n) is 3.74. The van der Waals surface area contributed by atoms with Gasteiger partial charge in [-0.3, -0.25) is 4.79 Å². The molecule has 0 aliphatic rings. The van der Waals surface area contributed by atoms with Gasteiger partial charge in [0.05, 0.1) is 0 Å². The fourth-order valence-electron chi connectivity index (χ4n) is 0.927. The Kier molecular flexibility index (Phi) is 5.69. The van der Waals surface area contributed by atoms with Gasteiger partial charge in [0.1, 0.15) is 5.78 Å². The summed E-state index contributed by atoms with van der Waals surface area (Å²) in [6.07, 6.45) is 5.18. The Labute approximate surface area is 75.9 Å². The molecule has 0 fully saturated rings. The molecule has 0 spiro atoms. The molecule has 70 valence electrons. The monoisotopic (exact) mass is 168 g/mol. The summed E-state index contributed by atoms with van der Waals surface area (Å²) in [5, 5.41) is 0. The van der Waals surface area contributed by atoms with E-state index in [0.29, 0.717) is 24.0 Å². The molecule has 1 nitrogen and oxygen atoms in total. The van der Waals surface area contributed by atoms with Crippen molar-refractivity contribution in [3.05, 3.63) is 12.2 Å². The zero-order chi connectivity index (χ0) is 9.56. The topological polar surface area (TPSA) is 17.1 Å². The number of Topliss-reactive ketones (excluding diaryl/α,β-unsaturated/α-hetero) is 1. The van der Waals surface area contributed by atoms with Gasteiger partial charge in [-0.1, -0.05) is 32.9 Å². The third-order valence-electron chi connectivity index (χ3n) is 2.27. The standard InChI is InChI=1S/C11H20O/c1-5-6-7-11(12)8-10(4)9(2)3/h5-6,9-10H,7-8H2,1-4H3/b6-5-. The van der Waals surface area contributed by atoms with E-state index in [1.165, 1.54) is 0 Å². The second-order valence-corrected chi connectivity index (χ2v) is 3.74. The van der Waals surface area contributed by atoms with Crippen LogP contribution in [0.2, 0.25) is 0 Å². The van der Waals surface area contributed by atoms with E-state index in [2.05, 4.69) is 20.8 Å². The van der Waals surface area contributed by atoms with Gasteiger partial charge in [-0.05, 0) is 18.8 Å². The van der Waals surface area contributed by atoms with Crippen molar-refractivity contribution in [2.24, 2.45) is 11.8 Å². The fraction of sp³-hybridized carbons (Fsp3) is 0.727. The van der Waals surface area contributed by atoms with Crippen LogP contribution >= 0.6 is 0 Å². The van der Waals surface area contributed by atoms with Crippen molar-refractivity contribution < 1.29 is 4.79 Å². The Morgan fingerprint density at radius 1 is 1.33 bits per heavy atom. The Morgan fingerprint density at radius 2 is 1.92 bits per heavy atom. The van der Waals surface area contributed by atoms with Gasteiger partial charge in [-0.2, -0.15) is 0 Å². The lowest BCUT2D eigenvalue weighted by Gasteiger charge is -2.13. The van der Waals surface area contributed by atoms with Crippen molar-refractivity contribution in [1.29, 1.82) is 0 Å². The molecule has 0 bridgehead atoms. The highest BCUT2D eigenvalue weighted by atomic mass is 16.1. The summed E-state index contributed by atoms with van der Waals surface area (Å²) < 4.78 is 0. The van der Waals surface area contributed by atoms with Crippen molar-refractivity contribution in [3.8, 4) is 0 Å². The maximum Gasteiger partial charge on any atom is 0.136 e. The molecule has 0 aliphatic heterocycles. The first-order chi connectivity index (χ1) is 5.57. The molecule has 0 saturated carbocycles. The molecule has 0 radical (unpaired) electrons. The van der Waals surface area contributed by atoms with Gasteiger partial charge in [-0.15, -0.1) is 0 Å². The predicted molar refractivity (Wildman–Crippen MR) is 53.1 cm³/mol. The minimum Gasteiger partial charge on any atom is -0.299 e. The van der Waals surface area contributed by atoms with Crippen molar-refractivity contribution in [2.75, 3.05) is 0 Å². The van der Waals surface area contributed by atoms with Crippen molar-refractivity contribution in [2.45, 2.75) is 40.5 Å². The highest BCUT2D eigenvalue weighted by Gasteiger charge is 2.10. The largest absolute Gasteiger partial charge is 0.299 e. The minimum atomic E-state index is 0.356. The molecular formula is C11H20O. The summed E-state index contributed by atoms with van der Waals surface area (Å²) in [6, 6.07) is 0. The molecule has 0 aromatic heterocycles. The maximum absolute atomic E-state index is 11.3. The van der Waals surface area contributed by atoms with Gasteiger partial charge in [0, 0.05) is 12.8 Å². The zero-order valence-corrected chi connectivity index (χ0v) is 8.63. The van der Waals surface area contributed by atoms with Crippen LogP contribution in [-0.2, 0) is 4.79 Å². The van der Waals surface area contributed by atoms with Gasteiger partial charge in [0.2, 0.25) is 0 Å². The Bertz CT molecular complexity index is 156. The highest BCUT2D eigenvalue weighted by molar-refractivity contribution is 5.80. The summed E-state index contributed by atoms with van der Waals surface area (Å²) in [7, 11) is 0. The zero-order valence-electron chi connectivity index (χ0n) is 8.63. The van der Waals surface area contributed by atoms with Gasteiger partial charge in [0.25, 0.3) is 0 Å². The van der Waals surface area contributed by atoms with Crippen LogP contribution in [0.5, 0.6) is 0 Å². The second kappa shape index (κ2) is 5.99. The van der Waals surface area contributed by atoms with E-state index in [9.17, 15) is 4.79 Å². The van der Waals surface area contributed by atoms with Crippen LogP contribution in [-0.4, -0.2) is 5.78 Å². The van der Waals surface area contributed by atoms with Gasteiger partial charge < -0.3 is 0 Å². The Balaban J connectivity index is 3.69. The molecule has 0 aromatic carbocycles. The number of rotatable bonds is 5. The lowest BCUT2D eigenvalue weighted by atomic mass is 9.92. The van der Waals surface area contributed by atoms with Crippen molar-refractivity contribution in [3.63, 3.8) is 0 Å². The number of hydrogen-bond donors (Lipinski definition) is 0. The molecule has 0 heterocycles. The minimum absolute atomic E-state index is 0.356. The van der Waals surface area contributed by atoms with E-state index in [0.717, 1.165) is 6.42 Å². The van der Waals surface area contributed by atoms with E-state index < -0.39 is 0 Å². The van der Waals surface area contributed by atoms with Crippen LogP contribution in [0.1, 0.15) is 40.5 Å². The number of hydrogen-bond acceptors (Lipinski definition) is 1. The van der Waals surface area contributed by atoms with E-state index in [1.807, 2.05) is 19.1 Å². The van der Waals surface area contributed by atoms with Crippen LogP contribution in [0.25, 0.3) is 0 Å². The molecular weight excluding hydrogens is 148 g/mol. The van der Waals surface area contributed by atoms with Gasteiger partial charge in [-0.25, -0.2) is 0 Å². The first kappa shape index (κ1) is 11.4. The van der Waals surface area contributed by atoms with Crippen LogP contribution in [0.3, 0.4) is 0 Å². The van der Waals surface area contributed by atoms with E-state index >= 15 is 0 Å². The molecule has 0 amide bonds. The molecule has 1 atom stereocenters. The van der Waals surface area contributed by atoms with Gasteiger partial charge in [0.15, 0.2) is 0 Å². The van der Waals surface area contributed by atoms with Crippen molar-refractivity contribution >= 4 is 5.78 Å². The Hall–Kier alpha value is -0.590. The molecule has 1 unspecified atom stereocenters. The molecule has 0 aromatic rings. The third kappa shape index (κ3) is 5.11. The first-order valence-corrected chi connectivity index (χ1v) is 4.70. The summed E-state index contributed by atoms with van der Waals surface area (Å²) in [5.41, 5.74) is 0. The summed E-state index contributed by atoms with van der Waals surface area (Å²) >= 11 is 0. The quantitative estimate of drug-likeness (QED) is 0.576. The molecule has 12 heavy (non-hydrogen) atoms. The van der Waals surface area contributed by atoms with Crippen LogP contribution in [0, 0.1) is 11.8 Å². The number of allylic oxidation sites excluding steroid dienone is 2. The molecule has 0 saturated heterocycles. The number of ketones is 1. The lowest BCUT2D eigenvalue weighted by Crippen LogP contribution is -2.09. The summed E-state index contributed by atoms with van der Waals surface area (Å²) in [6.45, 7) is 8.40. The summed E-state index contributed by atoms with van der Waals surface area (Å²) in [5.74, 6) is 1.48. The normalized spacial score (nSPS) is 14.1. The molecule has 1 heteroatoms. The Morgan fingerprint density at radius 3 is 2.33 bits per heavy atom.